The van der Waals surface area contributed by atoms with Crippen molar-refractivity contribution in [3.63, 3.8) is 0 Å². The van der Waals surface area contributed by atoms with Gasteiger partial charge in [0.15, 0.2) is 6.61 Å². The quantitative estimate of drug-likeness (QED) is 0.256. The van der Waals surface area contributed by atoms with Gasteiger partial charge in [0.1, 0.15) is 27.7 Å². The van der Waals surface area contributed by atoms with E-state index in [1.165, 1.54) is 25.3 Å². The zero-order chi connectivity index (χ0) is 25.9. The number of carbonyl (C=O) groups is 2. The predicted molar refractivity (Wildman–Crippen MR) is 128 cm³/mol. The average molecular weight is 536 g/mol. The van der Waals surface area contributed by atoms with E-state index >= 15 is 0 Å². The van der Waals surface area contributed by atoms with Crippen LogP contribution in [-0.2, 0) is 24.3 Å². The lowest BCUT2D eigenvalue weighted by molar-refractivity contribution is -0.384. The number of piperidine rings is 1. The number of nitrogens with one attached hydrogen (secondary N) is 1. The standard InChI is InChI=1S/C21H21N5O8S2/c1-33-17-9-8-13(26(29)30)11-15(17)22-19(27)12-34-21(28)16-6-2-3-10-25(16)36(31,32)18-7-4-5-14-20(18)24-35-23-14/h4-5,7-9,11,16H,2-3,6,10,12H2,1H3,(H,22,27). The Hall–Kier alpha value is -3.69. The molecule has 1 unspecified atom stereocenters. The third-order valence-corrected chi connectivity index (χ3v) is 8.06. The van der Waals surface area contributed by atoms with Crippen LogP contribution in [0.15, 0.2) is 41.3 Å². The SMILES string of the molecule is COc1ccc([N+](=O)[O-])cc1NC(=O)COC(=O)C1CCCCN1S(=O)(=O)c1cccc2nsnc12. The Labute approximate surface area is 209 Å². The van der Waals surface area contributed by atoms with Crippen LogP contribution < -0.4 is 10.1 Å². The normalized spacial score (nSPS) is 16.4. The number of anilines is 1. The lowest BCUT2D eigenvalue weighted by Crippen LogP contribution is -2.49. The summed E-state index contributed by atoms with van der Waals surface area (Å²) in [5.41, 5.74) is 0.423. The van der Waals surface area contributed by atoms with Crippen molar-refractivity contribution in [3.8, 4) is 5.75 Å². The summed E-state index contributed by atoms with van der Waals surface area (Å²) in [4.78, 5) is 35.6. The van der Waals surface area contributed by atoms with Crippen molar-refractivity contribution < 1.29 is 32.4 Å². The van der Waals surface area contributed by atoms with Gasteiger partial charge in [-0.1, -0.05) is 6.07 Å². The Morgan fingerprint density at radius 3 is 2.81 bits per heavy atom. The maximum atomic E-state index is 13.5. The van der Waals surface area contributed by atoms with Gasteiger partial charge in [-0.2, -0.15) is 13.1 Å². The molecular weight excluding hydrogens is 514 g/mol. The molecule has 1 fully saturated rings. The second kappa shape index (κ2) is 10.5. The first-order chi connectivity index (χ1) is 17.2. The molecule has 4 rings (SSSR count). The molecule has 1 saturated heterocycles. The van der Waals surface area contributed by atoms with Crippen molar-refractivity contribution in [1.82, 2.24) is 13.1 Å². The summed E-state index contributed by atoms with van der Waals surface area (Å²) < 4.78 is 46.4. The molecule has 1 aliphatic heterocycles. The summed E-state index contributed by atoms with van der Waals surface area (Å²) in [5, 5.41) is 13.4. The van der Waals surface area contributed by atoms with Crippen molar-refractivity contribution >= 4 is 56.0 Å². The first-order valence-corrected chi connectivity index (χ1v) is 12.9. The Morgan fingerprint density at radius 2 is 2.06 bits per heavy atom. The van der Waals surface area contributed by atoms with Crippen molar-refractivity contribution in [3.05, 3.63) is 46.5 Å². The Bertz CT molecular complexity index is 1420. The molecule has 1 aromatic heterocycles. The van der Waals surface area contributed by atoms with Crippen LogP contribution in [0, 0.1) is 10.1 Å². The number of ether oxygens (including phenoxy) is 2. The number of amides is 1. The number of nitro benzene ring substituents is 1. The van der Waals surface area contributed by atoms with E-state index in [4.69, 9.17) is 9.47 Å². The predicted octanol–water partition coefficient (Wildman–Crippen LogP) is 2.33. The molecule has 0 radical (unpaired) electrons. The molecule has 13 nitrogen and oxygen atoms in total. The number of methoxy groups -OCH3 is 1. The summed E-state index contributed by atoms with van der Waals surface area (Å²) in [6.07, 6.45) is 1.39. The van der Waals surface area contributed by atoms with Crippen LogP contribution in [0.5, 0.6) is 5.75 Å². The topological polar surface area (TPSA) is 171 Å². The number of non-ortho nitro benzene ring substituents is 1. The van der Waals surface area contributed by atoms with Crippen LogP contribution in [0.1, 0.15) is 19.3 Å². The number of benzene rings is 2. The summed E-state index contributed by atoms with van der Waals surface area (Å²) in [5.74, 6) is -1.47. The smallest absolute Gasteiger partial charge is 0.324 e. The molecule has 2 aromatic carbocycles. The van der Waals surface area contributed by atoms with Gasteiger partial charge in [0, 0.05) is 18.7 Å². The maximum Gasteiger partial charge on any atom is 0.324 e. The fourth-order valence-corrected chi connectivity index (χ4v) is 6.27. The van der Waals surface area contributed by atoms with Crippen molar-refractivity contribution in [2.45, 2.75) is 30.2 Å². The first-order valence-electron chi connectivity index (χ1n) is 10.7. The molecule has 2 heterocycles. The zero-order valence-corrected chi connectivity index (χ0v) is 20.6. The monoisotopic (exact) mass is 535 g/mol. The number of carbonyl (C=O) groups excluding carboxylic acids is 2. The van der Waals surface area contributed by atoms with Gasteiger partial charge in [0.2, 0.25) is 10.0 Å². The van der Waals surface area contributed by atoms with E-state index in [1.807, 2.05) is 0 Å². The average Bonchev–Trinajstić information content (AvgIpc) is 3.36. The van der Waals surface area contributed by atoms with Crippen LogP contribution in [0.3, 0.4) is 0 Å². The van der Waals surface area contributed by atoms with Crippen molar-refractivity contribution in [1.29, 1.82) is 0 Å². The second-order valence-corrected chi connectivity index (χ2v) is 10.2. The molecule has 15 heteroatoms. The van der Waals surface area contributed by atoms with Crippen LogP contribution in [0.4, 0.5) is 11.4 Å². The van der Waals surface area contributed by atoms with Gasteiger partial charge in [-0.3, -0.25) is 19.7 Å². The molecule has 1 aliphatic rings. The van der Waals surface area contributed by atoms with E-state index in [2.05, 4.69) is 14.1 Å². The van der Waals surface area contributed by atoms with E-state index in [1.54, 1.807) is 12.1 Å². The van der Waals surface area contributed by atoms with Gasteiger partial charge < -0.3 is 14.8 Å². The molecule has 0 aliphatic carbocycles. The van der Waals surface area contributed by atoms with Crippen LogP contribution in [0.25, 0.3) is 11.0 Å². The molecule has 190 valence electrons. The summed E-state index contributed by atoms with van der Waals surface area (Å²) in [6.45, 7) is -0.617. The number of nitro groups is 1. The molecule has 1 atom stereocenters. The summed E-state index contributed by atoms with van der Waals surface area (Å²) in [7, 11) is -2.78. The number of rotatable bonds is 8. The third-order valence-electron chi connectivity index (χ3n) is 5.57. The highest BCUT2D eigenvalue weighted by Gasteiger charge is 2.39. The van der Waals surface area contributed by atoms with E-state index in [-0.39, 0.29) is 40.5 Å². The van der Waals surface area contributed by atoms with Gasteiger partial charge in [0.05, 0.1) is 29.4 Å². The highest BCUT2D eigenvalue weighted by molar-refractivity contribution is 7.89. The van der Waals surface area contributed by atoms with E-state index < -0.39 is 39.5 Å². The number of fused-ring (bicyclic) bond motifs is 1. The highest BCUT2D eigenvalue weighted by Crippen LogP contribution is 2.31. The minimum atomic E-state index is -4.11. The number of nitrogens with zero attached hydrogens (tertiary/aromatic N) is 4. The van der Waals surface area contributed by atoms with Crippen LogP contribution >= 0.6 is 11.7 Å². The Balaban J connectivity index is 1.47. The molecule has 0 bridgehead atoms. The molecule has 0 spiro atoms. The van der Waals surface area contributed by atoms with E-state index in [0.717, 1.165) is 22.1 Å². The van der Waals surface area contributed by atoms with Crippen molar-refractivity contribution in [2.24, 2.45) is 0 Å². The van der Waals surface area contributed by atoms with Crippen molar-refractivity contribution in [2.75, 3.05) is 25.6 Å². The molecule has 3 aromatic rings. The number of aromatic nitrogens is 2. The molecule has 1 amide bonds. The number of hydrogen-bond acceptors (Lipinski definition) is 11. The largest absolute Gasteiger partial charge is 0.495 e. The summed E-state index contributed by atoms with van der Waals surface area (Å²) in [6, 6.07) is 7.15. The third kappa shape index (κ3) is 5.12. The van der Waals surface area contributed by atoms with Gasteiger partial charge >= 0.3 is 5.97 Å². The minimum Gasteiger partial charge on any atom is -0.495 e. The molecular formula is C21H21N5O8S2. The summed E-state index contributed by atoms with van der Waals surface area (Å²) >= 11 is 0.889. The maximum absolute atomic E-state index is 13.5. The highest BCUT2D eigenvalue weighted by atomic mass is 32.2. The zero-order valence-electron chi connectivity index (χ0n) is 18.9. The van der Waals surface area contributed by atoms with E-state index in [9.17, 15) is 28.1 Å². The van der Waals surface area contributed by atoms with Crippen LogP contribution in [0.2, 0.25) is 0 Å². The fourth-order valence-electron chi connectivity index (χ4n) is 3.87. The van der Waals surface area contributed by atoms with Gasteiger partial charge in [0.25, 0.3) is 11.6 Å². The van der Waals surface area contributed by atoms with Crippen LogP contribution in [-0.4, -0.2) is 64.6 Å². The van der Waals surface area contributed by atoms with Gasteiger partial charge in [-0.05, 0) is 37.5 Å². The molecule has 36 heavy (non-hydrogen) atoms. The number of esters is 1. The minimum absolute atomic E-state index is 0.0274. The van der Waals surface area contributed by atoms with Gasteiger partial charge in [-0.15, -0.1) is 0 Å². The number of sulfonamides is 1. The first kappa shape index (κ1) is 25.4. The second-order valence-electron chi connectivity index (χ2n) is 7.81. The fraction of sp³-hybridized carbons (Fsp3) is 0.333. The lowest BCUT2D eigenvalue weighted by atomic mass is 10.1. The Kier molecular flexibility index (Phi) is 7.42. The molecule has 0 saturated carbocycles. The number of hydrogen-bond donors (Lipinski definition) is 1. The molecule has 1 N–H and O–H groups in total. The lowest BCUT2D eigenvalue weighted by Gasteiger charge is -2.32. The van der Waals surface area contributed by atoms with E-state index in [0.29, 0.717) is 18.4 Å². The Morgan fingerprint density at radius 1 is 1.25 bits per heavy atom. The van der Waals surface area contributed by atoms with Gasteiger partial charge in [-0.25, -0.2) is 8.42 Å².